The number of benzene rings is 2. The Morgan fingerprint density at radius 2 is 1.86 bits per heavy atom. The van der Waals surface area contributed by atoms with Crippen molar-refractivity contribution in [1.29, 1.82) is 0 Å². The Morgan fingerprint density at radius 3 is 2.48 bits per heavy atom. The summed E-state index contributed by atoms with van der Waals surface area (Å²) in [5.41, 5.74) is 1.76. The number of hydrogen-bond acceptors (Lipinski definition) is 7. The lowest BCUT2D eigenvalue weighted by Gasteiger charge is -2.36. The van der Waals surface area contributed by atoms with Gasteiger partial charge in [-0.05, 0) is 37.3 Å². The van der Waals surface area contributed by atoms with E-state index in [0.717, 1.165) is 31.9 Å². The zero-order chi connectivity index (χ0) is 20.8. The number of ether oxygens (including phenoxy) is 1. The zero-order valence-corrected chi connectivity index (χ0v) is 16.4. The van der Waals surface area contributed by atoms with E-state index in [1.807, 2.05) is 24.3 Å². The molecule has 1 fully saturated rings. The quantitative estimate of drug-likeness (QED) is 0.413. The first-order valence-electron chi connectivity index (χ1n) is 9.56. The minimum Gasteiger partial charge on any atom is -0.491 e. The number of Topliss-reactive ketones (excluding diaryl/α,β-unsaturated/α-hetero) is 1. The number of piperazine rings is 1. The van der Waals surface area contributed by atoms with Crippen molar-refractivity contribution in [3.8, 4) is 5.75 Å². The largest absolute Gasteiger partial charge is 0.491 e. The molecule has 1 N–H and O–H groups in total. The molecule has 0 radical (unpaired) electrons. The fourth-order valence-electron chi connectivity index (χ4n) is 3.33. The molecule has 0 saturated carbocycles. The number of nitro benzene ring substituents is 1. The van der Waals surface area contributed by atoms with Gasteiger partial charge in [-0.3, -0.25) is 19.8 Å². The topological polar surface area (TPSA) is 96.2 Å². The molecule has 8 heteroatoms. The van der Waals surface area contributed by atoms with Gasteiger partial charge in [0.05, 0.1) is 11.0 Å². The van der Waals surface area contributed by atoms with Gasteiger partial charge >= 0.3 is 0 Å². The molecule has 0 unspecified atom stereocenters. The number of nitrogens with zero attached hydrogens (tertiary/aromatic N) is 3. The van der Waals surface area contributed by atoms with Gasteiger partial charge in [0.15, 0.2) is 5.78 Å². The van der Waals surface area contributed by atoms with Crippen LogP contribution in [0.1, 0.15) is 17.3 Å². The van der Waals surface area contributed by atoms with Crippen molar-refractivity contribution in [2.24, 2.45) is 0 Å². The minimum absolute atomic E-state index is 0.0375. The average molecular weight is 399 g/mol. The molecule has 1 heterocycles. The molecular formula is C21H25N3O5. The fraction of sp³-hybridized carbons (Fsp3) is 0.381. The molecule has 1 atom stereocenters. The Balaban J connectivity index is 1.43. The number of carbonyl (C=O) groups is 1. The standard InChI is InChI=1S/C21H25N3O5/c1-16(25)17-5-7-18(8-6-17)23-11-9-22(10-12-23)14-20(26)15-29-21-4-2-3-19(13-21)24(27)28/h2-8,13,20,26H,9-12,14-15H2,1H3/t20-/m1/s1. The molecule has 29 heavy (non-hydrogen) atoms. The number of nitro groups is 1. The molecule has 154 valence electrons. The van der Waals surface area contributed by atoms with Gasteiger partial charge in [0.2, 0.25) is 0 Å². The molecule has 8 nitrogen and oxygen atoms in total. The van der Waals surface area contributed by atoms with Crippen LogP contribution >= 0.6 is 0 Å². The summed E-state index contributed by atoms with van der Waals surface area (Å²) in [5, 5.41) is 21.1. The van der Waals surface area contributed by atoms with Crippen molar-refractivity contribution in [1.82, 2.24) is 4.90 Å². The predicted octanol–water partition coefficient (Wildman–Crippen LogP) is 2.36. The van der Waals surface area contributed by atoms with Crippen LogP contribution in [0.25, 0.3) is 0 Å². The van der Waals surface area contributed by atoms with Crippen molar-refractivity contribution < 1.29 is 19.6 Å². The Morgan fingerprint density at radius 1 is 1.17 bits per heavy atom. The van der Waals surface area contributed by atoms with Crippen LogP contribution in [0.15, 0.2) is 48.5 Å². The van der Waals surface area contributed by atoms with Crippen LogP contribution in [0.5, 0.6) is 5.75 Å². The molecule has 1 aliphatic rings. The second kappa shape index (κ2) is 9.49. The first-order chi connectivity index (χ1) is 13.9. The highest BCUT2D eigenvalue weighted by Crippen LogP contribution is 2.20. The monoisotopic (exact) mass is 399 g/mol. The molecule has 3 rings (SSSR count). The highest BCUT2D eigenvalue weighted by atomic mass is 16.6. The van der Waals surface area contributed by atoms with E-state index >= 15 is 0 Å². The highest BCUT2D eigenvalue weighted by molar-refractivity contribution is 5.94. The molecule has 1 saturated heterocycles. The van der Waals surface area contributed by atoms with Gasteiger partial charge in [-0.1, -0.05) is 6.07 Å². The number of β-amino-alcohol motifs (C(OH)–C–C–N with tert-alkyl or cyclic N) is 1. The summed E-state index contributed by atoms with van der Waals surface area (Å²) < 4.78 is 5.50. The lowest BCUT2D eigenvalue weighted by Crippen LogP contribution is -2.49. The Bertz CT molecular complexity index is 848. The van der Waals surface area contributed by atoms with Crippen molar-refractivity contribution in [3.05, 3.63) is 64.2 Å². The van der Waals surface area contributed by atoms with E-state index in [2.05, 4.69) is 9.80 Å². The number of rotatable bonds is 8. The number of aliphatic hydroxyl groups is 1. The highest BCUT2D eigenvalue weighted by Gasteiger charge is 2.20. The maximum atomic E-state index is 11.4. The van der Waals surface area contributed by atoms with Crippen LogP contribution in [0.3, 0.4) is 0 Å². The molecule has 0 amide bonds. The number of ketones is 1. The Kier molecular flexibility index (Phi) is 6.79. The molecule has 0 spiro atoms. The maximum absolute atomic E-state index is 11.4. The van der Waals surface area contributed by atoms with Crippen LogP contribution in [-0.4, -0.2) is 66.1 Å². The van der Waals surface area contributed by atoms with Crippen molar-refractivity contribution in [2.75, 3.05) is 44.2 Å². The third kappa shape index (κ3) is 5.75. The minimum atomic E-state index is -0.685. The summed E-state index contributed by atoms with van der Waals surface area (Å²) in [4.78, 5) is 26.1. The molecule has 2 aromatic carbocycles. The summed E-state index contributed by atoms with van der Waals surface area (Å²) in [6.07, 6.45) is -0.685. The second-order valence-electron chi connectivity index (χ2n) is 7.11. The summed E-state index contributed by atoms with van der Waals surface area (Å²) >= 11 is 0. The summed E-state index contributed by atoms with van der Waals surface area (Å²) in [5.74, 6) is 0.430. The van der Waals surface area contributed by atoms with Gasteiger partial charge in [0, 0.05) is 50.0 Å². The predicted molar refractivity (Wildman–Crippen MR) is 110 cm³/mol. The summed E-state index contributed by atoms with van der Waals surface area (Å²) in [6.45, 7) is 5.39. The van der Waals surface area contributed by atoms with Crippen LogP contribution in [0.2, 0.25) is 0 Å². The molecule has 0 bridgehead atoms. The first kappa shape index (κ1) is 20.8. The lowest BCUT2D eigenvalue weighted by atomic mass is 10.1. The lowest BCUT2D eigenvalue weighted by molar-refractivity contribution is -0.384. The third-order valence-corrected chi connectivity index (χ3v) is 4.95. The van der Waals surface area contributed by atoms with E-state index in [9.17, 15) is 20.0 Å². The van der Waals surface area contributed by atoms with Crippen LogP contribution in [0.4, 0.5) is 11.4 Å². The van der Waals surface area contributed by atoms with Gasteiger partial charge in [-0.25, -0.2) is 0 Å². The smallest absolute Gasteiger partial charge is 0.273 e. The zero-order valence-electron chi connectivity index (χ0n) is 16.4. The van der Waals surface area contributed by atoms with E-state index < -0.39 is 11.0 Å². The van der Waals surface area contributed by atoms with Gasteiger partial charge in [0.1, 0.15) is 18.5 Å². The first-order valence-corrected chi connectivity index (χ1v) is 9.56. The van der Waals surface area contributed by atoms with E-state index in [0.29, 0.717) is 17.9 Å². The number of aliphatic hydroxyl groups excluding tert-OH is 1. The van der Waals surface area contributed by atoms with Gasteiger partial charge < -0.3 is 14.7 Å². The normalized spacial score (nSPS) is 15.7. The molecule has 1 aliphatic heterocycles. The number of hydrogen-bond donors (Lipinski definition) is 1. The maximum Gasteiger partial charge on any atom is 0.273 e. The molecule has 2 aromatic rings. The van der Waals surface area contributed by atoms with Crippen LogP contribution < -0.4 is 9.64 Å². The van der Waals surface area contributed by atoms with Crippen LogP contribution in [-0.2, 0) is 0 Å². The number of non-ortho nitro benzene ring substituents is 1. The molecular weight excluding hydrogens is 374 g/mol. The SMILES string of the molecule is CC(=O)c1ccc(N2CCN(C[C@@H](O)COc3cccc([N+](=O)[O-])c3)CC2)cc1. The van der Waals surface area contributed by atoms with Crippen molar-refractivity contribution >= 4 is 17.2 Å². The van der Waals surface area contributed by atoms with Crippen molar-refractivity contribution in [2.45, 2.75) is 13.0 Å². The van der Waals surface area contributed by atoms with E-state index in [1.54, 1.807) is 19.1 Å². The second-order valence-corrected chi connectivity index (χ2v) is 7.11. The summed E-state index contributed by atoms with van der Waals surface area (Å²) in [6, 6.07) is 13.6. The Hall–Kier alpha value is -2.97. The van der Waals surface area contributed by atoms with Crippen molar-refractivity contribution in [3.63, 3.8) is 0 Å². The number of anilines is 1. The summed E-state index contributed by atoms with van der Waals surface area (Å²) in [7, 11) is 0. The molecule has 0 aromatic heterocycles. The van der Waals surface area contributed by atoms with E-state index in [4.69, 9.17) is 4.74 Å². The fourth-order valence-corrected chi connectivity index (χ4v) is 3.33. The molecule has 0 aliphatic carbocycles. The van der Waals surface area contributed by atoms with Crippen LogP contribution in [0, 0.1) is 10.1 Å². The van der Waals surface area contributed by atoms with Gasteiger partial charge in [0.25, 0.3) is 5.69 Å². The van der Waals surface area contributed by atoms with E-state index in [1.165, 1.54) is 12.1 Å². The Labute approximate surface area is 169 Å². The third-order valence-electron chi connectivity index (χ3n) is 4.95. The van der Waals surface area contributed by atoms with Gasteiger partial charge in [-0.2, -0.15) is 0 Å². The average Bonchev–Trinajstić information content (AvgIpc) is 2.73. The number of carbonyl (C=O) groups excluding carboxylic acids is 1. The van der Waals surface area contributed by atoms with Gasteiger partial charge in [-0.15, -0.1) is 0 Å². The van der Waals surface area contributed by atoms with E-state index in [-0.39, 0.29) is 18.1 Å².